The van der Waals surface area contributed by atoms with Gasteiger partial charge in [-0.3, -0.25) is 4.79 Å². The number of hydrogen-bond acceptors (Lipinski definition) is 10. The Morgan fingerprint density at radius 1 is 1.39 bits per heavy atom. The van der Waals surface area contributed by atoms with Gasteiger partial charge in [0.25, 0.3) is 19.6 Å². The average molecular weight is 543 g/mol. The normalized spacial score (nSPS) is 27.9. The summed E-state index contributed by atoms with van der Waals surface area (Å²) in [6.45, 7) is 14.0. The molecule has 36 heavy (non-hydrogen) atoms. The fourth-order valence-electron chi connectivity index (χ4n) is 4.16. The van der Waals surface area contributed by atoms with E-state index in [9.17, 15) is 10.1 Å². The molecule has 3 heterocycles. The number of nitriles is 1. The van der Waals surface area contributed by atoms with Crippen LogP contribution in [0.5, 0.6) is 0 Å². The average Bonchev–Trinajstić information content (AvgIpc) is 3.19. The van der Waals surface area contributed by atoms with Crippen LogP contribution in [0, 0.1) is 11.3 Å². The van der Waals surface area contributed by atoms with Crippen LogP contribution < -0.4 is 5.32 Å². The summed E-state index contributed by atoms with van der Waals surface area (Å²) in [6, 6.07) is 2.14. The summed E-state index contributed by atoms with van der Waals surface area (Å²) in [4.78, 5) is 15.4. The molecule has 1 amide bonds. The summed E-state index contributed by atoms with van der Waals surface area (Å²) in [6.07, 6.45) is -0.112. The maximum Gasteiger partial charge on any atom is 0.260 e. The highest BCUT2D eigenvalue weighted by Gasteiger charge is 2.51. The zero-order valence-corrected chi connectivity index (χ0v) is 22.9. The van der Waals surface area contributed by atoms with Gasteiger partial charge in [-0.2, -0.15) is 5.26 Å². The Balaban J connectivity index is 1.94. The number of morpholine rings is 1. The van der Waals surface area contributed by atoms with E-state index in [1.165, 1.54) is 6.08 Å². The molecule has 1 N–H and O–H groups in total. The van der Waals surface area contributed by atoms with Crippen molar-refractivity contribution >= 4 is 31.8 Å². The van der Waals surface area contributed by atoms with Crippen molar-refractivity contribution < 1.29 is 29.4 Å². The number of amides is 1. The van der Waals surface area contributed by atoms with Crippen LogP contribution >= 0.6 is 20.7 Å². The summed E-state index contributed by atoms with van der Waals surface area (Å²) in [7, 11) is -1.71. The molecule has 200 valence electrons. The number of rotatable bonds is 9. The third-order valence-electron chi connectivity index (χ3n) is 5.73. The van der Waals surface area contributed by atoms with Crippen molar-refractivity contribution in [2.24, 2.45) is 0 Å². The van der Waals surface area contributed by atoms with Crippen LogP contribution in [-0.4, -0.2) is 95.1 Å². The fraction of sp³-hybridized carbons (Fsp3) is 0.696. The van der Waals surface area contributed by atoms with Gasteiger partial charge in [-0.25, -0.2) is 4.67 Å². The first-order valence-corrected chi connectivity index (χ1v) is 13.4. The van der Waals surface area contributed by atoms with Crippen molar-refractivity contribution in [3.63, 3.8) is 0 Å². The fourth-order valence-corrected chi connectivity index (χ4v) is 6.14. The molecule has 3 aliphatic rings. The molecule has 13 heteroatoms. The lowest BCUT2D eigenvalue weighted by atomic mass is 10.1. The molecule has 0 saturated carbocycles. The molecule has 11 nitrogen and oxygen atoms in total. The van der Waals surface area contributed by atoms with Gasteiger partial charge in [-0.15, -0.1) is 0 Å². The van der Waals surface area contributed by atoms with Gasteiger partial charge in [-0.1, -0.05) is 6.58 Å². The van der Waals surface area contributed by atoms with E-state index < -0.39 is 33.1 Å². The molecule has 0 aromatic heterocycles. The number of ether oxygens (including phenoxy) is 3. The standard InChI is InChI=1S/C23H36N5O6PS/c1-15(2)28(16(3)4)35(31-12-8-24)34-20-17(5)32-22(27-9-7-19(29)25-18(27)6)21(20)33-23(36)26-10-13-30-14-11-26/h7,9,15-17,20-22H,6,10-14H2,1-5H3,(H,25,29)/t17-,20?,21+,22-,35?/m1/s1/i5D. The number of nitrogens with one attached hydrogen (secondary N) is 1. The van der Waals surface area contributed by atoms with Crippen molar-refractivity contribution in [3.8, 4) is 6.07 Å². The topological polar surface area (TPSA) is 109 Å². The van der Waals surface area contributed by atoms with Gasteiger partial charge < -0.3 is 38.4 Å². The Kier molecular flexibility index (Phi) is 9.90. The van der Waals surface area contributed by atoms with E-state index >= 15 is 0 Å². The molecule has 2 unspecified atom stereocenters. The largest absolute Gasteiger partial charge is 0.460 e. The van der Waals surface area contributed by atoms with Crippen LogP contribution in [0.4, 0.5) is 0 Å². The molecule has 2 saturated heterocycles. The maximum atomic E-state index is 11.8. The van der Waals surface area contributed by atoms with Crippen LogP contribution in [0.2, 0.25) is 0 Å². The molecule has 0 bridgehead atoms. The molecule has 0 aliphatic carbocycles. The minimum Gasteiger partial charge on any atom is -0.460 e. The zero-order chi connectivity index (χ0) is 27.1. The van der Waals surface area contributed by atoms with Gasteiger partial charge in [0, 0.05) is 38.8 Å². The number of carbonyl (C=O) groups is 1. The van der Waals surface area contributed by atoms with Gasteiger partial charge in [0.15, 0.2) is 12.3 Å². The number of hydrogen-bond donors (Lipinski definition) is 1. The minimum atomic E-state index is -1.71. The van der Waals surface area contributed by atoms with Crippen molar-refractivity contribution in [3.05, 3.63) is 24.7 Å². The lowest BCUT2D eigenvalue weighted by Gasteiger charge is -2.39. The zero-order valence-electron chi connectivity index (χ0n) is 22.2. The summed E-state index contributed by atoms with van der Waals surface area (Å²) in [5.74, 6) is 0.00470. The van der Waals surface area contributed by atoms with E-state index in [-0.39, 0.29) is 36.7 Å². The molecule has 2 fully saturated rings. The monoisotopic (exact) mass is 542 g/mol. The lowest BCUT2D eigenvalue weighted by Crippen LogP contribution is -2.51. The van der Waals surface area contributed by atoms with Gasteiger partial charge >= 0.3 is 0 Å². The lowest BCUT2D eigenvalue weighted by molar-refractivity contribution is -0.118. The summed E-state index contributed by atoms with van der Waals surface area (Å²) < 4.78 is 40.7. The minimum absolute atomic E-state index is 0.0613. The van der Waals surface area contributed by atoms with Gasteiger partial charge in [0.05, 0.1) is 25.4 Å². The van der Waals surface area contributed by atoms with Crippen LogP contribution in [0.15, 0.2) is 24.7 Å². The first kappa shape index (κ1) is 27.2. The second-order valence-corrected chi connectivity index (χ2v) is 10.7. The Morgan fingerprint density at radius 2 is 2.08 bits per heavy atom. The highest BCUT2D eigenvalue weighted by atomic mass is 32.1. The Hall–Kier alpha value is -1.84. The third-order valence-corrected chi connectivity index (χ3v) is 8.16. The quantitative estimate of drug-likeness (QED) is 0.343. The molecule has 0 radical (unpaired) electrons. The third kappa shape index (κ3) is 6.92. The molecular formula is C23H36N5O6PS. The van der Waals surface area contributed by atoms with E-state index in [1.807, 2.05) is 38.7 Å². The predicted molar refractivity (Wildman–Crippen MR) is 138 cm³/mol. The molecule has 0 aromatic rings. The van der Waals surface area contributed by atoms with Crippen LogP contribution in [-0.2, 0) is 28.1 Å². The van der Waals surface area contributed by atoms with Crippen molar-refractivity contribution in [1.82, 2.24) is 19.8 Å². The summed E-state index contributed by atoms with van der Waals surface area (Å²) in [5.41, 5.74) is 0. The maximum absolute atomic E-state index is 11.8. The van der Waals surface area contributed by atoms with Crippen LogP contribution in [0.1, 0.15) is 36.0 Å². The second kappa shape index (κ2) is 13.1. The molecule has 0 aromatic carbocycles. The Morgan fingerprint density at radius 3 is 2.67 bits per heavy atom. The van der Waals surface area contributed by atoms with Crippen molar-refractivity contribution in [1.29, 1.82) is 5.26 Å². The summed E-state index contributed by atoms with van der Waals surface area (Å²) in [5, 5.41) is 12.1. The summed E-state index contributed by atoms with van der Waals surface area (Å²) >= 11 is 5.64. The molecular weight excluding hydrogens is 505 g/mol. The second-order valence-electron chi connectivity index (χ2n) is 8.98. The Labute approximate surface area is 221 Å². The van der Waals surface area contributed by atoms with E-state index in [0.29, 0.717) is 32.1 Å². The highest BCUT2D eigenvalue weighted by molar-refractivity contribution is 7.80. The molecule has 0 spiro atoms. The van der Waals surface area contributed by atoms with Gasteiger partial charge in [0.2, 0.25) is 0 Å². The van der Waals surface area contributed by atoms with Gasteiger partial charge in [0.1, 0.15) is 18.5 Å². The van der Waals surface area contributed by atoms with E-state index in [4.69, 9.17) is 36.8 Å². The van der Waals surface area contributed by atoms with E-state index in [0.717, 1.165) is 0 Å². The van der Waals surface area contributed by atoms with E-state index in [1.54, 1.807) is 11.1 Å². The SMILES string of the molecule is [2H]C[C@H]1O[C@@H](N2C=CC(=O)NC2=C)[C@@H](OC(=S)N2CCOCC2)C1OP(OCC#N)N(C(C)C)C(C)C. The molecule has 3 aliphatic heterocycles. The van der Waals surface area contributed by atoms with Crippen molar-refractivity contribution in [2.45, 2.75) is 71.2 Å². The van der Waals surface area contributed by atoms with Gasteiger partial charge in [-0.05, 0) is 46.8 Å². The highest BCUT2D eigenvalue weighted by Crippen LogP contribution is 2.49. The van der Waals surface area contributed by atoms with E-state index in [2.05, 4.69) is 16.6 Å². The molecule has 5 atom stereocenters. The first-order chi connectivity index (χ1) is 17.7. The first-order valence-electron chi connectivity index (χ1n) is 12.6. The van der Waals surface area contributed by atoms with Crippen LogP contribution in [0.3, 0.4) is 0 Å². The predicted octanol–water partition coefficient (Wildman–Crippen LogP) is 2.42. The number of nitrogens with zero attached hydrogens (tertiary/aromatic N) is 4. The van der Waals surface area contributed by atoms with Crippen LogP contribution in [0.25, 0.3) is 0 Å². The number of carbonyl (C=O) groups excluding carboxylic acids is 1. The van der Waals surface area contributed by atoms with Crippen molar-refractivity contribution in [2.75, 3.05) is 32.9 Å². The number of thiocarbonyl (C=S) groups is 1. The molecule has 3 rings (SSSR count). The smallest absolute Gasteiger partial charge is 0.260 e. The Bertz CT molecular complexity index is 891.